The fourth-order valence-electron chi connectivity index (χ4n) is 0.902. The van der Waals surface area contributed by atoms with Crippen LogP contribution in [0, 0.1) is 0 Å². The number of hydrogen-bond acceptors (Lipinski definition) is 1. The van der Waals surface area contributed by atoms with Gasteiger partial charge in [0, 0.05) is 0 Å². The summed E-state index contributed by atoms with van der Waals surface area (Å²) in [6.45, 7) is 0. The number of halogens is 7. The van der Waals surface area contributed by atoms with Crippen molar-refractivity contribution in [3.8, 4) is 5.75 Å². The Balaban J connectivity index is 3.06. The second-order valence-electron chi connectivity index (χ2n) is 3.14. The second-order valence-corrected chi connectivity index (χ2v) is 3.58. The Morgan fingerprint density at radius 3 is 1.83 bits per heavy atom. The van der Waals surface area contributed by atoms with E-state index in [1.165, 1.54) is 6.07 Å². The highest BCUT2D eigenvalue weighted by molar-refractivity contribution is 7.80. The van der Waals surface area contributed by atoms with Gasteiger partial charge in [0.05, 0.1) is 4.90 Å². The monoisotopic (exact) mass is 293 g/mol. The summed E-state index contributed by atoms with van der Waals surface area (Å²) in [7, 11) is 0. The molecule has 18 heavy (non-hydrogen) atoms. The number of rotatable bonds is 3. The first-order chi connectivity index (χ1) is 7.99. The van der Waals surface area contributed by atoms with Crippen molar-refractivity contribution in [3.63, 3.8) is 0 Å². The van der Waals surface area contributed by atoms with E-state index in [9.17, 15) is 30.7 Å². The van der Waals surface area contributed by atoms with Gasteiger partial charge in [0.25, 0.3) is 0 Å². The van der Waals surface area contributed by atoms with Gasteiger partial charge in [0.15, 0.2) is 0 Å². The Kier molecular flexibility index (Phi) is 3.66. The van der Waals surface area contributed by atoms with E-state index in [1.807, 2.05) is 0 Å². The van der Waals surface area contributed by atoms with Gasteiger partial charge >= 0.3 is 18.2 Å². The van der Waals surface area contributed by atoms with Gasteiger partial charge in [-0.2, -0.15) is 30.7 Å². The molecular weight excluding hydrogens is 289 g/mol. The standard InChI is InChI=1S/C9H4F7OS/c10-7(11,8(12,13)14)9(15,16)17-5-3-1-2-4-6(5)18/h1-4H. The molecular formula is C9H4F7OS. The van der Waals surface area contributed by atoms with Crippen LogP contribution in [0.5, 0.6) is 5.75 Å². The average molecular weight is 293 g/mol. The SMILES string of the molecule is FC(F)(F)C(F)(F)C(F)(F)Oc1ccccc1[S]. The van der Waals surface area contributed by atoms with Gasteiger partial charge in [0.2, 0.25) is 0 Å². The van der Waals surface area contributed by atoms with Crippen LogP contribution in [0.1, 0.15) is 0 Å². The van der Waals surface area contributed by atoms with E-state index in [2.05, 4.69) is 17.4 Å². The molecule has 1 rings (SSSR count). The molecule has 1 nitrogen and oxygen atoms in total. The molecule has 0 saturated carbocycles. The van der Waals surface area contributed by atoms with Crippen LogP contribution in [0.3, 0.4) is 0 Å². The van der Waals surface area contributed by atoms with E-state index in [0.29, 0.717) is 0 Å². The minimum atomic E-state index is -6.44. The van der Waals surface area contributed by atoms with Crippen molar-refractivity contribution in [3.05, 3.63) is 24.3 Å². The molecule has 0 saturated heterocycles. The Labute approximate surface area is 102 Å². The van der Waals surface area contributed by atoms with Crippen LogP contribution in [-0.4, -0.2) is 18.2 Å². The summed E-state index contributed by atoms with van der Waals surface area (Å²) in [5, 5.41) is 0. The Bertz CT molecular complexity index is 429. The summed E-state index contributed by atoms with van der Waals surface area (Å²) in [5.74, 6) is -7.25. The van der Waals surface area contributed by atoms with Crippen LogP contribution < -0.4 is 4.74 Å². The molecule has 0 atom stereocenters. The predicted molar refractivity (Wildman–Crippen MR) is 48.9 cm³/mol. The summed E-state index contributed by atoms with van der Waals surface area (Å²) in [4.78, 5) is -0.407. The van der Waals surface area contributed by atoms with E-state index in [0.717, 1.165) is 18.2 Å². The van der Waals surface area contributed by atoms with Gasteiger partial charge in [-0.15, -0.1) is 0 Å². The van der Waals surface area contributed by atoms with Gasteiger partial charge in [-0.3, -0.25) is 0 Å². The summed E-state index contributed by atoms with van der Waals surface area (Å²) in [5.41, 5.74) is 0. The first-order valence-corrected chi connectivity index (χ1v) is 4.67. The van der Waals surface area contributed by atoms with Gasteiger partial charge in [-0.25, -0.2) is 0 Å². The highest BCUT2D eigenvalue weighted by atomic mass is 32.1. The number of para-hydroxylation sites is 1. The molecule has 0 amide bonds. The molecule has 0 N–H and O–H groups in total. The van der Waals surface area contributed by atoms with E-state index >= 15 is 0 Å². The maximum absolute atomic E-state index is 12.8. The predicted octanol–water partition coefficient (Wildman–Crippen LogP) is 4.41. The quantitative estimate of drug-likeness (QED) is 0.750. The summed E-state index contributed by atoms with van der Waals surface area (Å²) < 4.78 is 89.4. The largest absolute Gasteiger partial charge is 0.474 e. The Morgan fingerprint density at radius 2 is 1.39 bits per heavy atom. The molecule has 0 bridgehead atoms. The summed E-state index contributed by atoms with van der Waals surface area (Å²) in [6.07, 6.45) is -12.2. The lowest BCUT2D eigenvalue weighted by atomic mass is 10.3. The van der Waals surface area contributed by atoms with Crippen molar-refractivity contribution in [1.82, 2.24) is 0 Å². The van der Waals surface area contributed by atoms with Crippen LogP contribution >= 0.6 is 12.6 Å². The van der Waals surface area contributed by atoms with Crippen molar-refractivity contribution in [2.75, 3.05) is 0 Å². The Morgan fingerprint density at radius 1 is 0.889 bits per heavy atom. The van der Waals surface area contributed by atoms with Crippen LogP contribution in [-0.2, 0) is 0 Å². The van der Waals surface area contributed by atoms with E-state index in [-0.39, 0.29) is 0 Å². The second kappa shape index (κ2) is 4.45. The van der Waals surface area contributed by atoms with E-state index in [1.54, 1.807) is 0 Å². The topological polar surface area (TPSA) is 9.23 Å². The lowest BCUT2D eigenvalue weighted by molar-refractivity contribution is -0.403. The summed E-state index contributed by atoms with van der Waals surface area (Å²) >= 11 is 4.45. The molecule has 9 heteroatoms. The lowest BCUT2D eigenvalue weighted by Crippen LogP contribution is -2.55. The lowest BCUT2D eigenvalue weighted by Gasteiger charge is -2.28. The van der Waals surface area contributed by atoms with Crippen LogP contribution in [0.25, 0.3) is 0 Å². The molecule has 0 aromatic heterocycles. The van der Waals surface area contributed by atoms with Gasteiger partial charge in [-0.1, -0.05) is 24.8 Å². The first-order valence-electron chi connectivity index (χ1n) is 4.26. The van der Waals surface area contributed by atoms with Crippen LogP contribution in [0.4, 0.5) is 30.7 Å². The maximum atomic E-state index is 12.8. The third-order valence-electron chi connectivity index (χ3n) is 1.81. The molecule has 0 aliphatic carbocycles. The van der Waals surface area contributed by atoms with Gasteiger partial charge in [0.1, 0.15) is 5.75 Å². The van der Waals surface area contributed by atoms with Crippen molar-refractivity contribution in [1.29, 1.82) is 0 Å². The number of ether oxygens (including phenoxy) is 1. The fraction of sp³-hybridized carbons (Fsp3) is 0.333. The zero-order valence-electron chi connectivity index (χ0n) is 8.27. The average Bonchev–Trinajstić information content (AvgIpc) is 2.19. The molecule has 1 aromatic carbocycles. The number of alkyl halides is 7. The van der Waals surface area contributed by atoms with Crippen LogP contribution in [0.2, 0.25) is 0 Å². The fourth-order valence-corrected chi connectivity index (χ4v) is 1.09. The zero-order chi connectivity index (χ0) is 14.2. The van der Waals surface area contributed by atoms with Crippen molar-refractivity contribution in [2.45, 2.75) is 23.1 Å². The third kappa shape index (κ3) is 2.60. The molecule has 0 heterocycles. The first kappa shape index (κ1) is 14.8. The van der Waals surface area contributed by atoms with Crippen molar-refractivity contribution >= 4 is 12.6 Å². The molecule has 1 radical (unpaired) electrons. The number of benzene rings is 1. The van der Waals surface area contributed by atoms with E-state index in [4.69, 9.17) is 0 Å². The maximum Gasteiger partial charge on any atom is 0.474 e. The molecule has 1 aromatic rings. The zero-order valence-corrected chi connectivity index (χ0v) is 9.09. The smallest absolute Gasteiger partial charge is 0.426 e. The normalized spacial score (nSPS) is 13.5. The highest BCUT2D eigenvalue weighted by Gasteiger charge is 2.75. The summed E-state index contributed by atoms with van der Waals surface area (Å²) in [6, 6.07) is 4.21. The van der Waals surface area contributed by atoms with E-state index < -0.39 is 28.9 Å². The molecule has 0 aliphatic rings. The molecule has 0 unspecified atom stereocenters. The molecule has 0 fully saturated rings. The third-order valence-corrected chi connectivity index (χ3v) is 2.15. The Hall–Kier alpha value is -1.25. The molecule has 101 valence electrons. The van der Waals surface area contributed by atoms with Gasteiger partial charge < -0.3 is 4.74 Å². The molecule has 0 aliphatic heterocycles. The molecule has 0 spiro atoms. The number of hydrogen-bond donors (Lipinski definition) is 0. The van der Waals surface area contributed by atoms with Crippen molar-refractivity contribution < 1.29 is 35.5 Å². The highest BCUT2D eigenvalue weighted by Crippen LogP contribution is 2.47. The van der Waals surface area contributed by atoms with Crippen molar-refractivity contribution in [2.24, 2.45) is 0 Å². The van der Waals surface area contributed by atoms with Crippen LogP contribution in [0.15, 0.2) is 29.2 Å². The van der Waals surface area contributed by atoms with Gasteiger partial charge in [-0.05, 0) is 12.1 Å². The minimum Gasteiger partial charge on any atom is -0.426 e. The minimum absolute atomic E-state index is 0.407.